The van der Waals surface area contributed by atoms with Gasteiger partial charge in [0.2, 0.25) is 0 Å². The van der Waals surface area contributed by atoms with E-state index in [0.29, 0.717) is 34.5 Å². The zero-order valence-electron chi connectivity index (χ0n) is 17.7. The number of nitro groups is 1. The van der Waals surface area contributed by atoms with Crippen molar-refractivity contribution in [2.75, 3.05) is 0 Å². The number of nitro benzene ring substituents is 1. The molecule has 2 heterocycles. The molecule has 5 rings (SSSR count). The second-order valence-corrected chi connectivity index (χ2v) is 7.69. The molecule has 4 aromatic rings. The molecular weight excluding hydrogens is 439 g/mol. The molecule has 9 nitrogen and oxygen atoms in total. The monoisotopic (exact) mass is 456 g/mol. The first-order valence-corrected chi connectivity index (χ1v) is 10.4. The third-order valence-electron chi connectivity index (χ3n) is 5.62. The first-order chi connectivity index (χ1) is 16.5. The fourth-order valence-corrected chi connectivity index (χ4v) is 3.94. The summed E-state index contributed by atoms with van der Waals surface area (Å²) in [5, 5.41) is 24.2. The normalized spacial score (nSPS) is 15.3. The highest BCUT2D eigenvalue weighted by Crippen LogP contribution is 2.38. The fourth-order valence-electron chi connectivity index (χ4n) is 3.94. The Balaban J connectivity index is 1.55. The number of benzene rings is 3. The summed E-state index contributed by atoms with van der Waals surface area (Å²) in [7, 11) is 0. The molecule has 0 amide bonds. The van der Waals surface area contributed by atoms with Crippen molar-refractivity contribution in [1.29, 1.82) is 0 Å². The maximum atomic E-state index is 13.6. The summed E-state index contributed by atoms with van der Waals surface area (Å²) in [6.45, 7) is 0. The standard InChI is InChI=1S/C24H17FN6O3/c25-18-10-6-17(7-11-18)24-21(15-29(27-24)19-4-2-1-3-5-19)23-14-22(26-30(23)28-32)16-8-12-20(13-9-16)31(33)34/h1-13,15,23H,14H2/t23-/m1/s1. The molecule has 1 aliphatic heterocycles. The van der Waals surface area contributed by atoms with Crippen LogP contribution in [0.15, 0.2) is 95.4 Å². The van der Waals surface area contributed by atoms with Crippen molar-refractivity contribution < 1.29 is 9.31 Å². The Kier molecular flexibility index (Phi) is 5.38. The lowest BCUT2D eigenvalue weighted by molar-refractivity contribution is -0.384. The van der Waals surface area contributed by atoms with Crippen LogP contribution in [-0.2, 0) is 0 Å². The number of rotatable bonds is 6. The highest BCUT2D eigenvalue weighted by Gasteiger charge is 2.34. The van der Waals surface area contributed by atoms with Crippen molar-refractivity contribution in [2.45, 2.75) is 12.5 Å². The van der Waals surface area contributed by atoms with Gasteiger partial charge in [0.1, 0.15) is 11.9 Å². The van der Waals surface area contributed by atoms with Gasteiger partial charge in [-0.05, 0) is 54.1 Å². The molecule has 0 radical (unpaired) electrons. The summed E-state index contributed by atoms with van der Waals surface area (Å²) in [5.74, 6) is -0.367. The van der Waals surface area contributed by atoms with Gasteiger partial charge in [-0.25, -0.2) is 9.07 Å². The number of para-hydroxylation sites is 1. The Labute approximate surface area is 192 Å². The molecule has 0 N–H and O–H groups in total. The van der Waals surface area contributed by atoms with Crippen LogP contribution in [0.1, 0.15) is 23.6 Å². The molecule has 0 fully saturated rings. The number of hydrazone groups is 1. The zero-order chi connectivity index (χ0) is 23.7. The van der Waals surface area contributed by atoms with Crippen LogP contribution in [0.2, 0.25) is 0 Å². The molecule has 0 spiro atoms. The van der Waals surface area contributed by atoms with Crippen LogP contribution in [0, 0.1) is 20.8 Å². The van der Waals surface area contributed by atoms with Gasteiger partial charge in [0.15, 0.2) is 0 Å². The minimum Gasteiger partial charge on any atom is -0.258 e. The second kappa shape index (κ2) is 8.66. The number of non-ortho nitro benzene ring substituents is 1. The van der Waals surface area contributed by atoms with Crippen molar-refractivity contribution in [2.24, 2.45) is 10.4 Å². The lowest BCUT2D eigenvalue weighted by Crippen LogP contribution is -2.13. The zero-order valence-corrected chi connectivity index (χ0v) is 17.7. The molecule has 3 aromatic carbocycles. The second-order valence-electron chi connectivity index (χ2n) is 7.69. The number of nitrogens with zero attached hydrogens (tertiary/aromatic N) is 6. The molecule has 0 saturated carbocycles. The smallest absolute Gasteiger partial charge is 0.258 e. The van der Waals surface area contributed by atoms with Crippen molar-refractivity contribution in [3.63, 3.8) is 0 Å². The van der Waals surface area contributed by atoms with Crippen molar-refractivity contribution >= 4 is 11.4 Å². The average molecular weight is 456 g/mol. The molecule has 1 atom stereocenters. The molecule has 1 aromatic heterocycles. The van der Waals surface area contributed by atoms with Crippen molar-refractivity contribution in [3.05, 3.63) is 117 Å². The summed E-state index contributed by atoms with van der Waals surface area (Å²) in [4.78, 5) is 22.2. The largest absolute Gasteiger partial charge is 0.269 e. The molecular formula is C24H17FN6O3. The maximum Gasteiger partial charge on any atom is 0.269 e. The summed E-state index contributed by atoms with van der Waals surface area (Å²) in [6.07, 6.45) is 2.14. The molecule has 168 valence electrons. The predicted octanol–water partition coefficient (Wildman–Crippen LogP) is 5.42. The summed E-state index contributed by atoms with van der Waals surface area (Å²) in [5.41, 5.74) is 3.95. The van der Waals surface area contributed by atoms with Crippen molar-refractivity contribution in [3.8, 4) is 16.9 Å². The first-order valence-electron chi connectivity index (χ1n) is 10.4. The van der Waals surface area contributed by atoms with Gasteiger partial charge < -0.3 is 0 Å². The van der Waals surface area contributed by atoms with Gasteiger partial charge in [-0.1, -0.05) is 18.2 Å². The number of halogens is 1. The van der Waals surface area contributed by atoms with Gasteiger partial charge in [-0.3, -0.25) is 10.1 Å². The van der Waals surface area contributed by atoms with Gasteiger partial charge in [-0.2, -0.15) is 10.2 Å². The van der Waals surface area contributed by atoms with Crippen LogP contribution in [0.25, 0.3) is 16.9 Å². The van der Waals surface area contributed by atoms with Crippen LogP contribution < -0.4 is 0 Å². The van der Waals surface area contributed by atoms with E-state index in [1.807, 2.05) is 36.5 Å². The van der Waals surface area contributed by atoms with E-state index >= 15 is 0 Å². The Morgan fingerprint density at radius 2 is 1.65 bits per heavy atom. The van der Waals surface area contributed by atoms with Crippen LogP contribution >= 0.6 is 0 Å². The lowest BCUT2D eigenvalue weighted by Gasteiger charge is -2.15. The van der Waals surface area contributed by atoms with E-state index < -0.39 is 11.0 Å². The molecule has 0 aliphatic carbocycles. The third-order valence-corrected chi connectivity index (χ3v) is 5.62. The Morgan fingerprint density at radius 1 is 0.971 bits per heavy atom. The summed E-state index contributed by atoms with van der Waals surface area (Å²) >= 11 is 0. The molecule has 34 heavy (non-hydrogen) atoms. The summed E-state index contributed by atoms with van der Waals surface area (Å²) < 4.78 is 15.3. The van der Waals surface area contributed by atoms with Crippen LogP contribution in [0.5, 0.6) is 0 Å². The van der Waals surface area contributed by atoms with Crippen molar-refractivity contribution in [1.82, 2.24) is 14.9 Å². The Morgan fingerprint density at radius 3 is 2.29 bits per heavy atom. The highest BCUT2D eigenvalue weighted by atomic mass is 19.1. The first kappa shape index (κ1) is 21.1. The number of hydrogen-bond acceptors (Lipinski definition) is 6. The van der Waals surface area contributed by atoms with E-state index in [0.717, 1.165) is 10.8 Å². The van der Waals surface area contributed by atoms with E-state index in [1.54, 1.807) is 28.9 Å². The van der Waals surface area contributed by atoms with E-state index in [-0.39, 0.29) is 11.5 Å². The number of aromatic nitrogens is 2. The number of nitroso groups, excluding NO2 is 1. The van der Waals surface area contributed by atoms with E-state index in [2.05, 4.69) is 10.4 Å². The molecule has 1 aliphatic rings. The maximum absolute atomic E-state index is 13.6. The van der Waals surface area contributed by atoms with Gasteiger partial charge in [0.05, 0.1) is 27.3 Å². The minimum atomic E-state index is -0.555. The van der Waals surface area contributed by atoms with Gasteiger partial charge >= 0.3 is 0 Å². The van der Waals surface area contributed by atoms with Crippen LogP contribution in [0.3, 0.4) is 0 Å². The molecule has 0 saturated heterocycles. The Bertz CT molecular complexity index is 1380. The van der Waals surface area contributed by atoms with E-state index in [4.69, 9.17) is 5.10 Å². The molecule has 0 bridgehead atoms. The number of hydrogen-bond donors (Lipinski definition) is 0. The lowest BCUT2D eigenvalue weighted by atomic mass is 9.97. The van der Waals surface area contributed by atoms with Crippen LogP contribution in [-0.4, -0.2) is 25.5 Å². The van der Waals surface area contributed by atoms with Gasteiger partial charge in [0.25, 0.3) is 5.69 Å². The van der Waals surface area contributed by atoms with E-state index in [1.165, 1.54) is 24.3 Å². The Hall–Kier alpha value is -4.73. The molecule has 0 unspecified atom stereocenters. The highest BCUT2D eigenvalue weighted by molar-refractivity contribution is 6.02. The SMILES string of the molecule is O=NN1N=C(c2ccc([N+](=O)[O-])cc2)C[C@@H]1c1cn(-c2ccccc2)nc1-c1ccc(F)cc1. The molecule has 10 heteroatoms. The van der Waals surface area contributed by atoms with Gasteiger partial charge in [-0.15, -0.1) is 10.0 Å². The predicted molar refractivity (Wildman–Crippen MR) is 124 cm³/mol. The van der Waals surface area contributed by atoms with E-state index in [9.17, 15) is 19.4 Å². The topological polar surface area (TPSA) is 106 Å². The average Bonchev–Trinajstić information content (AvgIpc) is 3.50. The summed E-state index contributed by atoms with van der Waals surface area (Å²) in [6, 6.07) is 20.8. The van der Waals surface area contributed by atoms with Crippen LogP contribution in [0.4, 0.5) is 10.1 Å². The minimum absolute atomic E-state index is 0.0352. The fraction of sp³-hybridized carbons (Fsp3) is 0.0833. The third kappa shape index (κ3) is 3.92. The van der Waals surface area contributed by atoms with Gasteiger partial charge in [0, 0.05) is 35.9 Å². The quantitative estimate of drug-likeness (QED) is 0.219.